The Bertz CT molecular complexity index is 1590. The fourth-order valence-corrected chi connectivity index (χ4v) is 4.94. The number of aromatic nitrogens is 2. The quantitative estimate of drug-likeness (QED) is 0.110. The van der Waals surface area contributed by atoms with Crippen molar-refractivity contribution in [1.82, 2.24) is 9.97 Å². The van der Waals surface area contributed by atoms with Crippen LogP contribution in [0.5, 0.6) is 11.5 Å². The van der Waals surface area contributed by atoms with Crippen molar-refractivity contribution in [2.75, 3.05) is 37.6 Å². The molecule has 1 fully saturated rings. The number of methoxy groups -OCH3 is 1. The van der Waals surface area contributed by atoms with Crippen molar-refractivity contribution >= 4 is 40.1 Å². The summed E-state index contributed by atoms with van der Waals surface area (Å²) in [5.74, 6) is -0.331. The maximum atomic E-state index is 13.6. The molecular weight excluding hydrogens is 520 g/mol. The summed E-state index contributed by atoms with van der Waals surface area (Å²) < 4.78 is 11.1. The van der Waals surface area contributed by atoms with E-state index in [-0.39, 0.29) is 17.3 Å². The van der Waals surface area contributed by atoms with Crippen LogP contribution in [-0.2, 0) is 9.59 Å². The van der Waals surface area contributed by atoms with Crippen LogP contribution in [0.25, 0.3) is 16.8 Å². The number of fused-ring (bicyclic) bond motifs is 1. The van der Waals surface area contributed by atoms with Gasteiger partial charge in [-0.05, 0) is 60.5 Å². The number of nitrogens with one attached hydrogen (secondary N) is 1. The van der Waals surface area contributed by atoms with Crippen LogP contribution in [0.1, 0.15) is 43.4 Å². The number of imidazole rings is 1. The second kappa shape index (κ2) is 11.8. The number of ketones is 1. The van der Waals surface area contributed by atoms with Crippen molar-refractivity contribution in [2.24, 2.45) is 0 Å². The Hall–Kier alpha value is -4.79. The van der Waals surface area contributed by atoms with E-state index in [4.69, 9.17) is 9.47 Å². The van der Waals surface area contributed by atoms with Crippen molar-refractivity contribution in [2.45, 2.75) is 32.2 Å². The number of carbonyl (C=O) groups is 2. The number of nitrogens with zero attached hydrogens (tertiary/aromatic N) is 3. The van der Waals surface area contributed by atoms with Crippen LogP contribution < -0.4 is 19.3 Å². The molecule has 0 radical (unpaired) electrons. The molecule has 0 bridgehead atoms. The minimum atomic E-state index is -0.904. The Kier molecular flexibility index (Phi) is 7.96. The number of hydrogen-bond acceptors (Lipinski definition) is 7. The second-order valence-electron chi connectivity index (χ2n) is 10.2. The minimum absolute atomic E-state index is 0.0118. The number of aromatic amines is 1. The lowest BCUT2D eigenvalue weighted by atomic mass is 9.95. The lowest BCUT2D eigenvalue weighted by molar-refractivity contribution is -0.132. The molecule has 1 saturated heterocycles. The highest BCUT2D eigenvalue weighted by molar-refractivity contribution is 6.51. The normalized spacial score (nSPS) is 16.4. The summed E-state index contributed by atoms with van der Waals surface area (Å²) in [6, 6.07) is 18.8. The van der Waals surface area contributed by atoms with Crippen LogP contribution in [0.3, 0.4) is 0 Å². The third kappa shape index (κ3) is 5.48. The Morgan fingerprint density at radius 1 is 1.00 bits per heavy atom. The van der Waals surface area contributed by atoms with E-state index in [1.54, 1.807) is 49.6 Å². The van der Waals surface area contributed by atoms with E-state index in [0.717, 1.165) is 24.9 Å². The number of rotatable bonds is 10. The highest BCUT2D eigenvalue weighted by Gasteiger charge is 2.48. The SMILES string of the molecule is CCCCCOc1ccc(/C(O)=C2\C(=O)C(=O)N(c3nc4ccc(OC)cc4[nH]3)C2c2ccc(N(C)C)cc2)cc1. The Labute approximate surface area is 239 Å². The molecule has 1 amide bonds. The van der Waals surface area contributed by atoms with Gasteiger partial charge in [0.25, 0.3) is 5.78 Å². The first-order chi connectivity index (χ1) is 19.8. The monoisotopic (exact) mass is 554 g/mol. The molecule has 0 spiro atoms. The highest BCUT2D eigenvalue weighted by Crippen LogP contribution is 2.42. The van der Waals surface area contributed by atoms with Gasteiger partial charge in [-0.25, -0.2) is 4.98 Å². The zero-order valence-electron chi connectivity index (χ0n) is 23.7. The van der Waals surface area contributed by atoms with Crippen molar-refractivity contribution in [3.63, 3.8) is 0 Å². The minimum Gasteiger partial charge on any atom is -0.507 e. The molecule has 4 aromatic rings. The lowest BCUT2D eigenvalue weighted by Crippen LogP contribution is -2.30. The van der Waals surface area contributed by atoms with Gasteiger partial charge in [0.1, 0.15) is 17.3 Å². The molecule has 0 saturated carbocycles. The first kappa shape index (κ1) is 27.8. The lowest BCUT2D eigenvalue weighted by Gasteiger charge is -2.23. The molecule has 1 atom stereocenters. The maximum absolute atomic E-state index is 13.6. The molecule has 1 aromatic heterocycles. The van der Waals surface area contributed by atoms with Gasteiger partial charge in [0.2, 0.25) is 5.95 Å². The van der Waals surface area contributed by atoms with E-state index in [9.17, 15) is 14.7 Å². The summed E-state index contributed by atoms with van der Waals surface area (Å²) in [5, 5.41) is 11.5. The molecule has 1 aliphatic heterocycles. The number of amides is 1. The van der Waals surface area contributed by atoms with Gasteiger partial charge in [0.05, 0.1) is 36.4 Å². The summed E-state index contributed by atoms with van der Waals surface area (Å²) >= 11 is 0. The van der Waals surface area contributed by atoms with E-state index in [1.165, 1.54) is 4.90 Å². The van der Waals surface area contributed by atoms with Crippen LogP contribution >= 0.6 is 0 Å². The summed E-state index contributed by atoms with van der Waals surface area (Å²) in [7, 11) is 5.43. The largest absolute Gasteiger partial charge is 0.507 e. The number of aliphatic hydroxyl groups is 1. The smallest absolute Gasteiger partial charge is 0.302 e. The van der Waals surface area contributed by atoms with Gasteiger partial charge in [-0.15, -0.1) is 0 Å². The van der Waals surface area contributed by atoms with Crippen LogP contribution in [-0.4, -0.2) is 54.6 Å². The number of hydrogen-bond donors (Lipinski definition) is 2. The fraction of sp³-hybridized carbons (Fsp3) is 0.281. The maximum Gasteiger partial charge on any atom is 0.302 e. The van der Waals surface area contributed by atoms with Gasteiger partial charge >= 0.3 is 5.91 Å². The van der Waals surface area contributed by atoms with Gasteiger partial charge in [0, 0.05) is 31.4 Å². The number of anilines is 2. The molecular formula is C32H34N4O5. The van der Waals surface area contributed by atoms with Gasteiger partial charge in [-0.3, -0.25) is 14.5 Å². The summed E-state index contributed by atoms with van der Waals surface area (Å²) in [6.07, 6.45) is 3.16. The molecule has 2 N–H and O–H groups in total. The molecule has 1 aliphatic rings. The number of ether oxygens (including phenoxy) is 2. The fourth-order valence-electron chi connectivity index (χ4n) is 4.94. The highest BCUT2D eigenvalue weighted by atomic mass is 16.5. The number of H-pyrrole nitrogens is 1. The van der Waals surface area contributed by atoms with Crippen molar-refractivity contribution in [3.8, 4) is 11.5 Å². The van der Waals surface area contributed by atoms with Gasteiger partial charge in [-0.1, -0.05) is 31.9 Å². The van der Waals surface area contributed by atoms with Crippen LogP contribution in [0.2, 0.25) is 0 Å². The summed E-state index contributed by atoms with van der Waals surface area (Å²) in [5.41, 5.74) is 3.27. The summed E-state index contributed by atoms with van der Waals surface area (Å²) in [6.45, 7) is 2.74. The van der Waals surface area contributed by atoms with E-state index < -0.39 is 17.7 Å². The first-order valence-electron chi connectivity index (χ1n) is 13.7. The van der Waals surface area contributed by atoms with E-state index in [0.29, 0.717) is 40.3 Å². The molecule has 1 unspecified atom stereocenters. The molecule has 212 valence electrons. The van der Waals surface area contributed by atoms with E-state index in [2.05, 4.69) is 16.9 Å². The zero-order valence-corrected chi connectivity index (χ0v) is 23.7. The summed E-state index contributed by atoms with van der Waals surface area (Å²) in [4.78, 5) is 38.1. The Balaban J connectivity index is 1.58. The van der Waals surface area contributed by atoms with Crippen LogP contribution in [0.15, 0.2) is 72.3 Å². The predicted molar refractivity (Wildman–Crippen MR) is 160 cm³/mol. The molecule has 2 heterocycles. The first-order valence-corrected chi connectivity index (χ1v) is 13.7. The standard InChI is InChI=1S/C32H34N4O5/c1-5-6-7-18-41-23-14-10-21(11-15-23)29(37)27-28(20-8-12-22(13-9-20)35(2)3)36(31(39)30(27)38)32-33-25-17-16-24(40-4)19-26(25)34-32/h8-17,19,28,37H,5-7,18H2,1-4H3,(H,33,34)/b29-27+. The average molecular weight is 555 g/mol. The van der Waals surface area contributed by atoms with Crippen LogP contribution in [0, 0.1) is 0 Å². The topological polar surface area (TPSA) is 108 Å². The van der Waals surface area contributed by atoms with Gasteiger partial charge in [0.15, 0.2) is 0 Å². The van der Waals surface area contributed by atoms with Crippen molar-refractivity contribution in [1.29, 1.82) is 0 Å². The third-order valence-electron chi connectivity index (χ3n) is 7.22. The van der Waals surface area contributed by atoms with Gasteiger partial charge < -0.3 is 24.5 Å². The molecule has 9 heteroatoms. The zero-order chi connectivity index (χ0) is 29.1. The molecule has 0 aliphatic carbocycles. The third-order valence-corrected chi connectivity index (χ3v) is 7.22. The number of Topliss-reactive ketones (excluding diaryl/α,β-unsaturated/α-hetero) is 1. The van der Waals surface area contributed by atoms with Crippen molar-refractivity contribution in [3.05, 3.63) is 83.4 Å². The number of carbonyl (C=O) groups excluding carboxylic acids is 2. The molecule has 5 rings (SSSR count). The number of benzene rings is 3. The Morgan fingerprint density at radius 2 is 1.71 bits per heavy atom. The molecule has 9 nitrogen and oxygen atoms in total. The molecule has 3 aromatic carbocycles. The predicted octanol–water partition coefficient (Wildman–Crippen LogP) is 5.83. The van der Waals surface area contributed by atoms with Gasteiger partial charge in [-0.2, -0.15) is 0 Å². The Morgan fingerprint density at radius 3 is 2.37 bits per heavy atom. The van der Waals surface area contributed by atoms with E-state index in [1.807, 2.05) is 43.3 Å². The second-order valence-corrected chi connectivity index (χ2v) is 10.2. The average Bonchev–Trinajstić information content (AvgIpc) is 3.52. The molecule has 41 heavy (non-hydrogen) atoms. The number of unbranched alkanes of at least 4 members (excludes halogenated alkanes) is 2. The van der Waals surface area contributed by atoms with Crippen LogP contribution in [0.4, 0.5) is 11.6 Å². The number of aliphatic hydroxyl groups excluding tert-OH is 1. The van der Waals surface area contributed by atoms with E-state index >= 15 is 0 Å². The van der Waals surface area contributed by atoms with Crippen molar-refractivity contribution < 1.29 is 24.2 Å².